The van der Waals surface area contributed by atoms with Crippen LogP contribution in [0.15, 0.2) is 59.8 Å². The van der Waals surface area contributed by atoms with Crippen LogP contribution in [-0.2, 0) is 11.3 Å². The van der Waals surface area contributed by atoms with Crippen molar-refractivity contribution in [3.8, 4) is 5.69 Å². The number of piperazine rings is 1. The van der Waals surface area contributed by atoms with E-state index in [0.29, 0.717) is 10.9 Å². The highest BCUT2D eigenvalue weighted by Gasteiger charge is 2.22. The van der Waals surface area contributed by atoms with Gasteiger partial charge in [-0.2, -0.15) is 4.68 Å². The lowest BCUT2D eigenvalue weighted by Gasteiger charge is -2.34. The number of hydrogen-bond donors (Lipinski definition) is 0. The highest BCUT2D eigenvalue weighted by atomic mass is 32.2. The molecule has 0 spiro atoms. The normalized spacial score (nSPS) is 14.9. The van der Waals surface area contributed by atoms with Crippen molar-refractivity contribution >= 4 is 17.7 Å². The van der Waals surface area contributed by atoms with Gasteiger partial charge in [0.1, 0.15) is 0 Å². The van der Waals surface area contributed by atoms with Crippen LogP contribution in [0.5, 0.6) is 0 Å². The number of para-hydroxylation sites is 1. The Balaban J connectivity index is 1.27. The van der Waals surface area contributed by atoms with Crippen molar-refractivity contribution in [2.45, 2.75) is 18.6 Å². The Bertz CT molecular complexity index is 953. The summed E-state index contributed by atoms with van der Waals surface area (Å²) in [6.45, 7) is 6.36. The van der Waals surface area contributed by atoms with E-state index in [4.69, 9.17) is 0 Å². The molecule has 1 aliphatic heterocycles. The van der Waals surface area contributed by atoms with Gasteiger partial charge in [0.2, 0.25) is 11.1 Å². The number of benzene rings is 2. The Labute approximate surface area is 174 Å². The zero-order valence-corrected chi connectivity index (χ0v) is 17.3. The van der Waals surface area contributed by atoms with Gasteiger partial charge >= 0.3 is 0 Å². The van der Waals surface area contributed by atoms with E-state index in [-0.39, 0.29) is 5.91 Å². The van der Waals surface area contributed by atoms with Crippen molar-refractivity contribution in [2.75, 3.05) is 31.9 Å². The van der Waals surface area contributed by atoms with Crippen LogP contribution in [0.2, 0.25) is 0 Å². The second-order valence-electron chi connectivity index (χ2n) is 7.14. The van der Waals surface area contributed by atoms with Crippen LogP contribution >= 0.6 is 11.8 Å². The number of amides is 1. The Morgan fingerprint density at radius 3 is 2.59 bits per heavy atom. The van der Waals surface area contributed by atoms with E-state index in [1.807, 2.05) is 35.2 Å². The maximum atomic E-state index is 12.7. The molecule has 2 heterocycles. The number of aromatic nitrogens is 4. The number of nitrogens with zero attached hydrogens (tertiary/aromatic N) is 6. The van der Waals surface area contributed by atoms with Crippen LogP contribution in [0.4, 0.5) is 0 Å². The van der Waals surface area contributed by atoms with Gasteiger partial charge in [-0.1, -0.05) is 59.8 Å². The van der Waals surface area contributed by atoms with Crippen molar-refractivity contribution in [3.63, 3.8) is 0 Å². The van der Waals surface area contributed by atoms with E-state index in [1.54, 1.807) is 4.68 Å². The molecule has 1 aromatic heterocycles. The maximum Gasteiger partial charge on any atom is 0.233 e. The molecule has 0 unspecified atom stereocenters. The second kappa shape index (κ2) is 9.19. The SMILES string of the molecule is Cc1cccc(CN2CCN(C(=O)CSc3nnnn3-c3ccccc3)CC2)c1. The summed E-state index contributed by atoms with van der Waals surface area (Å²) in [5, 5.41) is 12.5. The van der Waals surface area contributed by atoms with Gasteiger partial charge in [0.05, 0.1) is 11.4 Å². The molecule has 29 heavy (non-hydrogen) atoms. The van der Waals surface area contributed by atoms with E-state index in [0.717, 1.165) is 38.4 Å². The highest BCUT2D eigenvalue weighted by molar-refractivity contribution is 7.99. The summed E-state index contributed by atoms with van der Waals surface area (Å²) in [5.74, 6) is 0.471. The van der Waals surface area contributed by atoms with E-state index in [2.05, 4.69) is 51.6 Å². The van der Waals surface area contributed by atoms with E-state index in [1.165, 1.54) is 22.9 Å². The molecule has 3 aromatic rings. The Morgan fingerprint density at radius 2 is 1.83 bits per heavy atom. The number of carbonyl (C=O) groups excluding carboxylic acids is 1. The zero-order valence-electron chi connectivity index (χ0n) is 16.4. The molecule has 4 rings (SSSR count). The van der Waals surface area contributed by atoms with Gasteiger partial charge < -0.3 is 4.90 Å². The minimum atomic E-state index is 0.132. The average Bonchev–Trinajstić information content (AvgIpc) is 3.22. The van der Waals surface area contributed by atoms with Crippen LogP contribution in [0.25, 0.3) is 5.69 Å². The summed E-state index contributed by atoms with van der Waals surface area (Å²) in [6, 6.07) is 18.3. The molecule has 1 aliphatic rings. The number of carbonyl (C=O) groups is 1. The smallest absolute Gasteiger partial charge is 0.233 e. The number of hydrogen-bond acceptors (Lipinski definition) is 6. The molecule has 0 bridgehead atoms. The van der Waals surface area contributed by atoms with Crippen LogP contribution < -0.4 is 0 Å². The predicted octanol–water partition coefficient (Wildman–Crippen LogP) is 2.41. The van der Waals surface area contributed by atoms with Gasteiger partial charge in [0.25, 0.3) is 0 Å². The third kappa shape index (κ3) is 5.02. The summed E-state index contributed by atoms with van der Waals surface area (Å²) in [4.78, 5) is 17.0. The first-order chi connectivity index (χ1) is 14.2. The minimum absolute atomic E-state index is 0.132. The first kappa shape index (κ1) is 19.6. The summed E-state index contributed by atoms with van der Waals surface area (Å²) in [5.41, 5.74) is 3.50. The molecule has 0 radical (unpaired) electrons. The summed E-state index contributed by atoms with van der Waals surface area (Å²) in [6.07, 6.45) is 0. The van der Waals surface area contributed by atoms with Crippen molar-refractivity contribution in [1.82, 2.24) is 30.0 Å². The van der Waals surface area contributed by atoms with E-state index >= 15 is 0 Å². The van der Waals surface area contributed by atoms with Crippen molar-refractivity contribution in [2.24, 2.45) is 0 Å². The maximum absolute atomic E-state index is 12.7. The van der Waals surface area contributed by atoms with Gasteiger partial charge in [-0.15, -0.1) is 5.10 Å². The van der Waals surface area contributed by atoms with E-state index in [9.17, 15) is 4.79 Å². The third-order valence-electron chi connectivity index (χ3n) is 4.98. The van der Waals surface area contributed by atoms with Gasteiger partial charge in [-0.25, -0.2) is 0 Å². The molecule has 1 saturated heterocycles. The van der Waals surface area contributed by atoms with Gasteiger partial charge in [-0.05, 0) is 35.0 Å². The van der Waals surface area contributed by atoms with Crippen LogP contribution in [0, 0.1) is 6.92 Å². The largest absolute Gasteiger partial charge is 0.339 e. The Kier molecular flexibility index (Phi) is 6.21. The van der Waals surface area contributed by atoms with Gasteiger partial charge in [0.15, 0.2) is 0 Å². The Morgan fingerprint density at radius 1 is 1.03 bits per heavy atom. The molecular weight excluding hydrogens is 384 g/mol. The molecule has 150 valence electrons. The molecular formula is C21H24N6OS. The fraction of sp³-hybridized carbons (Fsp3) is 0.333. The summed E-state index contributed by atoms with van der Waals surface area (Å²) in [7, 11) is 0. The molecule has 0 aliphatic carbocycles. The number of thioether (sulfide) groups is 1. The molecule has 0 saturated carbocycles. The second-order valence-corrected chi connectivity index (χ2v) is 8.09. The first-order valence-corrected chi connectivity index (χ1v) is 10.7. The lowest BCUT2D eigenvalue weighted by atomic mass is 10.1. The lowest BCUT2D eigenvalue weighted by Crippen LogP contribution is -2.48. The minimum Gasteiger partial charge on any atom is -0.339 e. The first-order valence-electron chi connectivity index (χ1n) is 9.71. The summed E-state index contributed by atoms with van der Waals surface area (Å²) < 4.78 is 1.66. The van der Waals surface area contributed by atoms with Crippen LogP contribution in [0.1, 0.15) is 11.1 Å². The van der Waals surface area contributed by atoms with Crippen LogP contribution in [-0.4, -0.2) is 67.8 Å². The topological polar surface area (TPSA) is 67.2 Å². The quantitative estimate of drug-likeness (QED) is 0.584. The van der Waals surface area contributed by atoms with Gasteiger partial charge in [0, 0.05) is 32.7 Å². The highest BCUT2D eigenvalue weighted by Crippen LogP contribution is 2.19. The molecule has 1 fully saturated rings. The molecule has 1 amide bonds. The monoisotopic (exact) mass is 408 g/mol. The standard InChI is InChI=1S/C21H24N6OS/c1-17-6-5-7-18(14-17)15-25-10-12-26(13-11-25)20(28)16-29-21-22-23-24-27(21)19-8-3-2-4-9-19/h2-9,14H,10-13,15-16H2,1H3. The zero-order chi connectivity index (χ0) is 20.1. The number of rotatable bonds is 6. The lowest BCUT2D eigenvalue weighted by molar-refractivity contribution is -0.130. The van der Waals surface area contributed by atoms with Crippen LogP contribution in [0.3, 0.4) is 0 Å². The third-order valence-corrected chi connectivity index (χ3v) is 5.88. The molecule has 7 nitrogen and oxygen atoms in total. The average molecular weight is 409 g/mol. The predicted molar refractivity (Wildman–Crippen MR) is 113 cm³/mol. The van der Waals surface area contributed by atoms with E-state index < -0.39 is 0 Å². The molecule has 0 N–H and O–H groups in total. The van der Waals surface area contributed by atoms with Crippen molar-refractivity contribution < 1.29 is 4.79 Å². The fourth-order valence-electron chi connectivity index (χ4n) is 3.44. The van der Waals surface area contributed by atoms with Crippen molar-refractivity contribution in [1.29, 1.82) is 0 Å². The fourth-order valence-corrected chi connectivity index (χ4v) is 4.24. The van der Waals surface area contributed by atoms with Crippen molar-refractivity contribution in [3.05, 3.63) is 65.7 Å². The number of aryl methyl sites for hydroxylation is 1. The van der Waals surface area contributed by atoms with Gasteiger partial charge in [-0.3, -0.25) is 9.69 Å². The summed E-state index contributed by atoms with van der Waals surface area (Å²) >= 11 is 1.38. The molecule has 2 aromatic carbocycles. The Hall–Kier alpha value is -2.71. The molecule has 0 atom stereocenters. The number of tetrazole rings is 1. The molecule has 8 heteroatoms.